The van der Waals surface area contributed by atoms with Gasteiger partial charge in [0.05, 0.1) is 24.2 Å². The van der Waals surface area contributed by atoms with Crippen molar-refractivity contribution in [2.45, 2.75) is 12.5 Å². The normalized spacial score (nSPS) is 15.5. The van der Waals surface area contributed by atoms with Crippen LogP contribution in [0, 0.1) is 0 Å². The molecule has 0 aliphatic carbocycles. The summed E-state index contributed by atoms with van der Waals surface area (Å²) in [7, 11) is 1.99. The lowest BCUT2D eigenvalue weighted by Gasteiger charge is -2.21. The van der Waals surface area contributed by atoms with Gasteiger partial charge in [0.1, 0.15) is 11.9 Å². The highest BCUT2D eigenvalue weighted by Gasteiger charge is 2.24. The molecule has 1 N–H and O–H groups in total. The van der Waals surface area contributed by atoms with Gasteiger partial charge in [0.15, 0.2) is 0 Å². The molecular weight excluding hydrogens is 326 g/mol. The van der Waals surface area contributed by atoms with Crippen LogP contribution in [0.15, 0.2) is 66.2 Å². The number of imidazole rings is 1. The van der Waals surface area contributed by atoms with E-state index in [9.17, 15) is 4.79 Å². The summed E-state index contributed by atoms with van der Waals surface area (Å²) in [4.78, 5) is 17.6. The number of ether oxygens (including phenoxy) is 1. The van der Waals surface area contributed by atoms with Crippen LogP contribution in [-0.4, -0.2) is 28.7 Å². The van der Waals surface area contributed by atoms with E-state index in [1.807, 2.05) is 72.3 Å². The Morgan fingerprint density at radius 2 is 1.92 bits per heavy atom. The maximum Gasteiger partial charge on any atom is 0.247 e. The van der Waals surface area contributed by atoms with Crippen molar-refractivity contribution in [1.82, 2.24) is 14.9 Å². The molecule has 0 fully saturated rings. The molecule has 2 aromatic carbocycles. The number of fused-ring (bicyclic) bond motifs is 1. The Kier molecular flexibility index (Phi) is 4.54. The minimum absolute atomic E-state index is 0.0609. The van der Waals surface area contributed by atoms with Crippen molar-refractivity contribution < 1.29 is 9.53 Å². The third-order valence-corrected chi connectivity index (χ3v) is 4.74. The Labute approximate surface area is 152 Å². The number of rotatable bonds is 4. The summed E-state index contributed by atoms with van der Waals surface area (Å²) in [6.07, 6.45) is 2.49. The first-order chi connectivity index (χ1) is 12.7. The van der Waals surface area contributed by atoms with Gasteiger partial charge in [0, 0.05) is 19.0 Å². The van der Waals surface area contributed by atoms with Gasteiger partial charge < -0.3 is 14.6 Å². The number of carbonyl (C=O) groups is 1. The summed E-state index contributed by atoms with van der Waals surface area (Å²) < 4.78 is 7.36. The van der Waals surface area contributed by atoms with E-state index in [1.54, 1.807) is 0 Å². The standard InChI is InChI=1S/C21H21N3O2/c1-24-18-10-6-5-9-17(18)22-20(24)19(15-7-3-2-4-8-15)23-21(25)16-11-13-26-14-12-16/h2-11,19H,12-14H2,1H3,(H,23,25)/t19-/m0/s1. The fourth-order valence-corrected chi connectivity index (χ4v) is 3.32. The second-order valence-corrected chi connectivity index (χ2v) is 6.39. The summed E-state index contributed by atoms with van der Waals surface area (Å²) in [5.41, 5.74) is 3.75. The van der Waals surface area contributed by atoms with E-state index < -0.39 is 0 Å². The number of aryl methyl sites for hydroxylation is 1. The van der Waals surface area contributed by atoms with Gasteiger partial charge in [-0.05, 0) is 17.7 Å². The largest absolute Gasteiger partial charge is 0.377 e. The molecular formula is C21H21N3O2. The van der Waals surface area contributed by atoms with Crippen molar-refractivity contribution in [2.75, 3.05) is 13.2 Å². The molecule has 0 unspecified atom stereocenters. The van der Waals surface area contributed by atoms with Crippen molar-refractivity contribution in [2.24, 2.45) is 7.05 Å². The molecule has 0 saturated heterocycles. The molecule has 3 aromatic rings. The van der Waals surface area contributed by atoms with E-state index >= 15 is 0 Å². The Balaban J connectivity index is 1.74. The van der Waals surface area contributed by atoms with Crippen LogP contribution in [0.4, 0.5) is 0 Å². The third-order valence-electron chi connectivity index (χ3n) is 4.74. The van der Waals surface area contributed by atoms with Gasteiger partial charge in [-0.2, -0.15) is 0 Å². The van der Waals surface area contributed by atoms with Gasteiger partial charge >= 0.3 is 0 Å². The van der Waals surface area contributed by atoms with E-state index in [2.05, 4.69) is 5.32 Å². The molecule has 1 amide bonds. The number of nitrogens with one attached hydrogen (secondary N) is 1. The van der Waals surface area contributed by atoms with E-state index in [1.165, 1.54) is 0 Å². The van der Waals surface area contributed by atoms with Crippen LogP contribution in [-0.2, 0) is 16.6 Å². The highest BCUT2D eigenvalue weighted by Crippen LogP contribution is 2.25. The second kappa shape index (κ2) is 7.14. The number of hydrogen-bond donors (Lipinski definition) is 1. The summed E-state index contributed by atoms with van der Waals surface area (Å²) in [5, 5.41) is 3.17. The second-order valence-electron chi connectivity index (χ2n) is 6.39. The van der Waals surface area contributed by atoms with Crippen molar-refractivity contribution in [3.63, 3.8) is 0 Å². The summed E-state index contributed by atoms with van der Waals surface area (Å²) >= 11 is 0. The topological polar surface area (TPSA) is 56.2 Å². The SMILES string of the molecule is Cn1c([C@@H](NC(=O)C2=CCOCC2)c2ccccc2)nc2ccccc21. The average Bonchev–Trinajstić information content (AvgIpc) is 3.04. The fraction of sp³-hybridized carbons (Fsp3) is 0.238. The molecule has 1 aliphatic heterocycles. The fourth-order valence-electron chi connectivity index (χ4n) is 3.32. The van der Waals surface area contributed by atoms with Gasteiger partial charge in [-0.25, -0.2) is 4.98 Å². The molecule has 26 heavy (non-hydrogen) atoms. The molecule has 1 atom stereocenters. The van der Waals surface area contributed by atoms with Gasteiger partial charge in [0.2, 0.25) is 5.91 Å². The Morgan fingerprint density at radius 3 is 2.65 bits per heavy atom. The molecule has 1 aliphatic rings. The molecule has 0 saturated carbocycles. The van der Waals surface area contributed by atoms with Crippen LogP contribution in [0.2, 0.25) is 0 Å². The van der Waals surface area contributed by atoms with Crippen LogP contribution in [0.25, 0.3) is 11.0 Å². The Bertz CT molecular complexity index is 960. The first-order valence-corrected chi connectivity index (χ1v) is 8.78. The maximum atomic E-state index is 12.8. The zero-order chi connectivity index (χ0) is 17.9. The smallest absolute Gasteiger partial charge is 0.247 e. The lowest BCUT2D eigenvalue weighted by Crippen LogP contribution is -2.33. The monoisotopic (exact) mass is 347 g/mol. The van der Waals surface area contributed by atoms with Crippen molar-refractivity contribution in [3.8, 4) is 0 Å². The van der Waals surface area contributed by atoms with Crippen LogP contribution in [0.3, 0.4) is 0 Å². The highest BCUT2D eigenvalue weighted by atomic mass is 16.5. The van der Waals surface area contributed by atoms with Crippen LogP contribution in [0.5, 0.6) is 0 Å². The highest BCUT2D eigenvalue weighted by molar-refractivity contribution is 5.94. The number of benzene rings is 2. The average molecular weight is 347 g/mol. The molecule has 5 nitrogen and oxygen atoms in total. The first kappa shape index (κ1) is 16.5. The lowest BCUT2D eigenvalue weighted by atomic mass is 10.0. The van der Waals surface area contributed by atoms with E-state index in [0.29, 0.717) is 19.6 Å². The van der Waals surface area contributed by atoms with Crippen LogP contribution < -0.4 is 5.32 Å². The van der Waals surface area contributed by atoms with Crippen LogP contribution >= 0.6 is 0 Å². The van der Waals surface area contributed by atoms with E-state index in [4.69, 9.17) is 9.72 Å². The molecule has 0 bridgehead atoms. The van der Waals surface area contributed by atoms with E-state index in [0.717, 1.165) is 28.0 Å². The summed E-state index contributed by atoms with van der Waals surface area (Å²) in [6.45, 7) is 1.08. The molecule has 2 heterocycles. The minimum atomic E-state index is -0.315. The van der Waals surface area contributed by atoms with Gasteiger partial charge in [-0.3, -0.25) is 4.79 Å². The van der Waals surface area contributed by atoms with Crippen molar-refractivity contribution in [3.05, 3.63) is 77.6 Å². The Hall–Kier alpha value is -2.92. The van der Waals surface area contributed by atoms with Gasteiger partial charge in [0.25, 0.3) is 0 Å². The quantitative estimate of drug-likeness (QED) is 0.789. The Morgan fingerprint density at radius 1 is 1.15 bits per heavy atom. The molecule has 5 heteroatoms. The molecule has 4 rings (SSSR count). The zero-order valence-corrected chi connectivity index (χ0v) is 14.7. The molecule has 0 radical (unpaired) electrons. The summed E-state index contributed by atoms with van der Waals surface area (Å²) in [6, 6.07) is 17.6. The third kappa shape index (κ3) is 3.13. The predicted octanol–water partition coefficient (Wildman–Crippen LogP) is 3.13. The number of para-hydroxylation sites is 2. The van der Waals surface area contributed by atoms with Crippen molar-refractivity contribution >= 4 is 16.9 Å². The predicted molar refractivity (Wildman–Crippen MR) is 101 cm³/mol. The van der Waals surface area contributed by atoms with E-state index in [-0.39, 0.29) is 11.9 Å². The molecule has 132 valence electrons. The minimum Gasteiger partial charge on any atom is -0.377 e. The first-order valence-electron chi connectivity index (χ1n) is 8.78. The van der Waals surface area contributed by atoms with Gasteiger partial charge in [-0.15, -0.1) is 0 Å². The molecule has 0 spiro atoms. The van der Waals surface area contributed by atoms with Crippen molar-refractivity contribution in [1.29, 1.82) is 0 Å². The number of hydrogen-bond acceptors (Lipinski definition) is 3. The molecule has 1 aromatic heterocycles. The zero-order valence-electron chi connectivity index (χ0n) is 14.7. The summed E-state index contributed by atoms with van der Waals surface area (Å²) in [5.74, 6) is 0.757. The van der Waals surface area contributed by atoms with Gasteiger partial charge in [-0.1, -0.05) is 48.5 Å². The number of nitrogens with zero attached hydrogens (tertiary/aromatic N) is 2. The maximum absolute atomic E-state index is 12.8. The number of aromatic nitrogens is 2. The lowest BCUT2D eigenvalue weighted by molar-refractivity contribution is -0.118. The van der Waals surface area contributed by atoms with Crippen LogP contribution in [0.1, 0.15) is 23.9 Å². The number of amides is 1. The number of carbonyl (C=O) groups excluding carboxylic acids is 1.